The fourth-order valence-corrected chi connectivity index (χ4v) is 1.90. The van der Waals surface area contributed by atoms with Crippen LogP contribution in [-0.4, -0.2) is 17.0 Å². The van der Waals surface area contributed by atoms with E-state index in [0.29, 0.717) is 11.1 Å². The molecule has 0 atom stereocenters. The molecule has 24 heavy (non-hydrogen) atoms. The second-order valence-electron chi connectivity index (χ2n) is 4.81. The predicted octanol–water partition coefficient (Wildman–Crippen LogP) is 2.68. The average Bonchev–Trinajstić information content (AvgIpc) is 2.55. The number of carbonyl (C=O) groups is 1. The van der Waals surface area contributed by atoms with Crippen molar-refractivity contribution in [3.05, 3.63) is 74.6 Å². The Hall–Kier alpha value is -3.60. The smallest absolute Gasteiger partial charge is 0.267 e. The summed E-state index contributed by atoms with van der Waals surface area (Å²) in [4.78, 5) is 22.2. The van der Waals surface area contributed by atoms with E-state index in [1.807, 2.05) is 0 Å². The van der Waals surface area contributed by atoms with Crippen molar-refractivity contribution in [3.8, 4) is 6.07 Å². The Balaban J connectivity index is 2.12. The van der Waals surface area contributed by atoms with E-state index in [9.17, 15) is 19.3 Å². The normalized spacial score (nSPS) is 10.4. The van der Waals surface area contributed by atoms with Crippen LogP contribution >= 0.6 is 0 Å². The van der Waals surface area contributed by atoms with Gasteiger partial charge in [0.05, 0.1) is 28.3 Å². The molecule has 1 amide bonds. The minimum Gasteiger partial charge on any atom is -0.267 e. The van der Waals surface area contributed by atoms with Crippen LogP contribution in [0.15, 0.2) is 41.5 Å². The number of nitriles is 1. The van der Waals surface area contributed by atoms with Crippen molar-refractivity contribution in [2.45, 2.75) is 6.92 Å². The molecule has 2 aromatic rings. The molecule has 2 aromatic carbocycles. The van der Waals surface area contributed by atoms with Crippen LogP contribution in [-0.2, 0) is 0 Å². The summed E-state index contributed by atoms with van der Waals surface area (Å²) in [5.74, 6) is -1.64. The molecule has 0 aromatic heterocycles. The van der Waals surface area contributed by atoms with E-state index in [-0.39, 0.29) is 16.8 Å². The molecule has 0 saturated carbocycles. The van der Waals surface area contributed by atoms with Gasteiger partial charge in [0.2, 0.25) is 0 Å². The molecule has 0 unspecified atom stereocenters. The Labute approximate surface area is 136 Å². The van der Waals surface area contributed by atoms with Crippen molar-refractivity contribution in [2.75, 3.05) is 0 Å². The van der Waals surface area contributed by atoms with Crippen LogP contribution in [0.25, 0.3) is 0 Å². The molecule has 8 heteroatoms. The molecule has 0 bridgehead atoms. The van der Waals surface area contributed by atoms with Crippen molar-refractivity contribution in [2.24, 2.45) is 5.10 Å². The summed E-state index contributed by atoms with van der Waals surface area (Å²) >= 11 is 0. The quantitative estimate of drug-likeness (QED) is 0.529. The lowest BCUT2D eigenvalue weighted by atomic mass is 10.1. The van der Waals surface area contributed by atoms with E-state index in [2.05, 4.69) is 10.5 Å². The third-order valence-corrected chi connectivity index (χ3v) is 3.15. The molecular formula is C16H11FN4O3. The minimum absolute atomic E-state index is 0.0663. The number of halogens is 1. The predicted molar refractivity (Wildman–Crippen MR) is 84.0 cm³/mol. The van der Waals surface area contributed by atoms with Crippen molar-refractivity contribution in [3.63, 3.8) is 0 Å². The number of aryl methyl sites for hydroxylation is 1. The van der Waals surface area contributed by atoms with Crippen LogP contribution in [0.1, 0.15) is 27.0 Å². The van der Waals surface area contributed by atoms with Crippen LogP contribution in [0.3, 0.4) is 0 Å². The maximum atomic E-state index is 13.7. The zero-order valence-corrected chi connectivity index (χ0v) is 12.5. The zero-order valence-electron chi connectivity index (χ0n) is 12.5. The van der Waals surface area contributed by atoms with Crippen LogP contribution < -0.4 is 5.43 Å². The molecule has 0 saturated heterocycles. The third kappa shape index (κ3) is 3.78. The molecule has 0 spiro atoms. The van der Waals surface area contributed by atoms with Gasteiger partial charge in [0.1, 0.15) is 5.82 Å². The Morgan fingerprint density at radius 2 is 2.12 bits per heavy atom. The Morgan fingerprint density at radius 3 is 2.75 bits per heavy atom. The first-order valence-electron chi connectivity index (χ1n) is 6.70. The highest BCUT2D eigenvalue weighted by molar-refractivity contribution is 5.95. The van der Waals surface area contributed by atoms with Crippen molar-refractivity contribution in [1.82, 2.24) is 5.43 Å². The maximum absolute atomic E-state index is 13.7. The number of nitrogens with one attached hydrogen (secondary N) is 1. The Kier molecular flexibility index (Phi) is 4.96. The number of nitrogens with zero attached hydrogens (tertiary/aromatic N) is 3. The highest BCUT2D eigenvalue weighted by Crippen LogP contribution is 2.18. The first-order valence-corrected chi connectivity index (χ1v) is 6.70. The first-order chi connectivity index (χ1) is 11.4. The van der Waals surface area contributed by atoms with Gasteiger partial charge in [-0.1, -0.05) is 12.1 Å². The second kappa shape index (κ2) is 7.11. The van der Waals surface area contributed by atoms with Gasteiger partial charge < -0.3 is 0 Å². The first kappa shape index (κ1) is 16.8. The molecule has 0 aliphatic heterocycles. The largest absolute Gasteiger partial charge is 0.274 e. The summed E-state index contributed by atoms with van der Waals surface area (Å²) in [6.07, 6.45) is 1.21. The van der Waals surface area contributed by atoms with Crippen molar-refractivity contribution in [1.29, 1.82) is 5.26 Å². The van der Waals surface area contributed by atoms with E-state index in [0.717, 1.165) is 6.07 Å². The number of amides is 1. The number of rotatable bonds is 4. The molecular weight excluding hydrogens is 315 g/mol. The standard InChI is InChI=1S/C16H11FN4O3/c1-10-2-3-12(7-15(10)21(23)24)9-19-20-16(22)13-5-4-11(8-18)6-14(13)17/h2-7,9H,1H3,(H,20,22)/b19-9-. The molecule has 2 rings (SSSR count). The number of carbonyl (C=O) groups excluding carboxylic acids is 1. The van der Waals surface area contributed by atoms with Gasteiger partial charge in [0.15, 0.2) is 0 Å². The molecule has 0 fully saturated rings. The number of benzene rings is 2. The summed E-state index contributed by atoms with van der Waals surface area (Å²) in [7, 11) is 0. The van der Waals surface area contributed by atoms with Crippen molar-refractivity contribution >= 4 is 17.8 Å². The lowest BCUT2D eigenvalue weighted by Gasteiger charge is -2.02. The molecule has 120 valence electrons. The molecule has 0 heterocycles. The van der Waals surface area contributed by atoms with Crippen molar-refractivity contribution < 1.29 is 14.1 Å². The highest BCUT2D eigenvalue weighted by atomic mass is 19.1. The fraction of sp³-hybridized carbons (Fsp3) is 0.0625. The van der Waals surface area contributed by atoms with Crippen LogP contribution in [0.2, 0.25) is 0 Å². The summed E-state index contributed by atoms with van der Waals surface area (Å²) in [5, 5.41) is 23.2. The minimum atomic E-state index is -0.840. The van der Waals surface area contributed by atoms with Crippen LogP contribution in [0, 0.1) is 34.2 Å². The number of nitro benzene ring substituents is 1. The van der Waals surface area contributed by atoms with Gasteiger partial charge in [0, 0.05) is 17.2 Å². The molecule has 1 N–H and O–H groups in total. The lowest BCUT2D eigenvalue weighted by molar-refractivity contribution is -0.385. The van der Waals surface area contributed by atoms with E-state index in [1.54, 1.807) is 25.1 Å². The Bertz CT molecular complexity index is 887. The molecule has 0 aliphatic rings. The number of hydrazone groups is 1. The molecule has 0 radical (unpaired) electrons. The van der Waals surface area contributed by atoms with Crippen LogP contribution in [0.4, 0.5) is 10.1 Å². The number of hydrogen-bond donors (Lipinski definition) is 1. The molecule has 0 aliphatic carbocycles. The van der Waals surface area contributed by atoms with E-state index in [1.165, 1.54) is 24.4 Å². The summed E-state index contributed by atoms with van der Waals surface area (Å²) in [6.45, 7) is 1.61. The van der Waals surface area contributed by atoms with Gasteiger partial charge in [-0.25, -0.2) is 9.82 Å². The van der Waals surface area contributed by atoms with E-state index < -0.39 is 16.6 Å². The van der Waals surface area contributed by atoms with Gasteiger partial charge in [-0.2, -0.15) is 10.4 Å². The van der Waals surface area contributed by atoms with Gasteiger partial charge >= 0.3 is 0 Å². The van der Waals surface area contributed by atoms with Crippen LogP contribution in [0.5, 0.6) is 0 Å². The van der Waals surface area contributed by atoms with E-state index >= 15 is 0 Å². The highest BCUT2D eigenvalue weighted by Gasteiger charge is 2.12. The fourth-order valence-electron chi connectivity index (χ4n) is 1.90. The zero-order chi connectivity index (χ0) is 17.7. The summed E-state index contributed by atoms with van der Waals surface area (Å²) < 4.78 is 13.7. The maximum Gasteiger partial charge on any atom is 0.274 e. The van der Waals surface area contributed by atoms with Gasteiger partial charge in [-0.05, 0) is 25.1 Å². The Morgan fingerprint density at radius 1 is 1.38 bits per heavy atom. The lowest BCUT2D eigenvalue weighted by Crippen LogP contribution is -2.19. The third-order valence-electron chi connectivity index (χ3n) is 3.15. The monoisotopic (exact) mass is 326 g/mol. The number of hydrogen-bond acceptors (Lipinski definition) is 5. The number of nitro groups is 1. The topological polar surface area (TPSA) is 108 Å². The SMILES string of the molecule is Cc1ccc(/C=N\NC(=O)c2ccc(C#N)cc2F)cc1[N+](=O)[O-]. The van der Waals surface area contributed by atoms with E-state index in [4.69, 9.17) is 5.26 Å². The summed E-state index contributed by atoms with van der Waals surface area (Å²) in [6, 6.07) is 9.66. The molecule has 7 nitrogen and oxygen atoms in total. The summed E-state index contributed by atoms with van der Waals surface area (Å²) in [5.41, 5.74) is 2.81. The van der Waals surface area contributed by atoms with Gasteiger partial charge in [-0.3, -0.25) is 14.9 Å². The van der Waals surface area contributed by atoms with Gasteiger partial charge in [0.25, 0.3) is 11.6 Å². The average molecular weight is 326 g/mol. The van der Waals surface area contributed by atoms with Gasteiger partial charge in [-0.15, -0.1) is 0 Å². The second-order valence-corrected chi connectivity index (χ2v) is 4.81.